The molecule has 0 heterocycles. The van der Waals surface area contributed by atoms with Crippen LogP contribution in [-0.2, 0) is 4.79 Å². The van der Waals surface area contributed by atoms with Crippen molar-refractivity contribution in [3.05, 3.63) is 106 Å². The van der Waals surface area contributed by atoms with Crippen molar-refractivity contribution in [3.8, 4) is 0 Å². The first-order valence-corrected chi connectivity index (χ1v) is 10.6. The van der Waals surface area contributed by atoms with Gasteiger partial charge in [0.15, 0.2) is 0 Å². The number of benzene rings is 3. The van der Waals surface area contributed by atoms with Crippen molar-refractivity contribution in [1.82, 2.24) is 10.6 Å². The summed E-state index contributed by atoms with van der Waals surface area (Å²) in [4.78, 5) is 24.4. The Balaban J connectivity index is 0.000000405. The summed E-state index contributed by atoms with van der Waals surface area (Å²) >= 11 is 6.00. The standard InChI is InChI=1S/C17H18BClN2O4.C7H7F/c19-14-8-4-7-13(9-14)15(10-16(22)20-11-18(24)25)21-17(23)12-5-2-1-3-6-12;1-6-2-4-7(8)5-3-6/h1-9,15,24-25H,10-11H2,(H,20,22)(H,21,23);2-5H,1H3. The zero-order valence-corrected chi connectivity index (χ0v) is 18.8. The summed E-state index contributed by atoms with van der Waals surface area (Å²) in [5.41, 5.74) is 2.24. The van der Waals surface area contributed by atoms with E-state index >= 15 is 0 Å². The Morgan fingerprint density at radius 1 is 1.00 bits per heavy atom. The minimum absolute atomic E-state index is 0.0639. The number of amides is 2. The van der Waals surface area contributed by atoms with Crippen molar-refractivity contribution >= 4 is 30.5 Å². The lowest BCUT2D eigenvalue weighted by Crippen LogP contribution is -2.38. The summed E-state index contributed by atoms with van der Waals surface area (Å²) in [6.07, 6.45) is -0.348. The zero-order valence-electron chi connectivity index (χ0n) is 18.0. The first-order chi connectivity index (χ1) is 15.7. The van der Waals surface area contributed by atoms with E-state index in [1.165, 1.54) is 12.1 Å². The quantitative estimate of drug-likeness (QED) is 0.397. The van der Waals surface area contributed by atoms with E-state index in [0.717, 1.165) is 5.56 Å². The Bertz CT molecular complexity index is 1020. The van der Waals surface area contributed by atoms with Gasteiger partial charge in [-0.2, -0.15) is 0 Å². The molecule has 33 heavy (non-hydrogen) atoms. The molecule has 1 unspecified atom stereocenters. The molecule has 0 saturated carbocycles. The second-order valence-electron chi connectivity index (χ2n) is 7.23. The number of hydrogen-bond donors (Lipinski definition) is 4. The van der Waals surface area contributed by atoms with E-state index in [2.05, 4.69) is 10.6 Å². The fourth-order valence-corrected chi connectivity index (χ4v) is 3.00. The van der Waals surface area contributed by atoms with Crippen LogP contribution in [0.15, 0.2) is 78.9 Å². The van der Waals surface area contributed by atoms with E-state index in [1.807, 2.05) is 6.92 Å². The highest BCUT2D eigenvalue weighted by Crippen LogP contribution is 2.21. The van der Waals surface area contributed by atoms with Crippen molar-refractivity contribution in [1.29, 1.82) is 0 Å². The molecule has 0 radical (unpaired) electrons. The van der Waals surface area contributed by atoms with Gasteiger partial charge in [-0.15, -0.1) is 0 Å². The summed E-state index contributed by atoms with van der Waals surface area (Å²) in [5.74, 6) is -0.914. The van der Waals surface area contributed by atoms with Crippen LogP contribution in [0.25, 0.3) is 0 Å². The van der Waals surface area contributed by atoms with Gasteiger partial charge in [-0.1, -0.05) is 59.6 Å². The van der Waals surface area contributed by atoms with Crippen LogP contribution < -0.4 is 10.6 Å². The van der Waals surface area contributed by atoms with Gasteiger partial charge in [0.1, 0.15) is 5.82 Å². The number of carbonyl (C=O) groups excluding carboxylic acids is 2. The van der Waals surface area contributed by atoms with Gasteiger partial charge >= 0.3 is 7.12 Å². The maximum absolute atomic E-state index is 12.4. The molecule has 0 aromatic heterocycles. The van der Waals surface area contributed by atoms with E-state index in [0.29, 0.717) is 16.1 Å². The molecule has 0 saturated heterocycles. The fraction of sp³-hybridized carbons (Fsp3) is 0.167. The normalized spacial score (nSPS) is 10.9. The first-order valence-electron chi connectivity index (χ1n) is 10.2. The lowest BCUT2D eigenvalue weighted by molar-refractivity contribution is -0.121. The SMILES string of the molecule is Cc1ccc(F)cc1.O=C(CC(NC(=O)c1ccccc1)c1cccc(Cl)c1)NCB(O)O. The third-order valence-electron chi connectivity index (χ3n) is 4.47. The van der Waals surface area contributed by atoms with Crippen LogP contribution in [0.3, 0.4) is 0 Å². The topological polar surface area (TPSA) is 98.7 Å². The molecule has 0 fully saturated rings. The number of rotatable bonds is 7. The van der Waals surface area contributed by atoms with Gasteiger partial charge in [-0.3, -0.25) is 9.59 Å². The number of hydrogen-bond acceptors (Lipinski definition) is 4. The zero-order chi connectivity index (χ0) is 24.2. The number of aryl methyl sites for hydroxylation is 1. The third-order valence-corrected chi connectivity index (χ3v) is 4.71. The summed E-state index contributed by atoms with van der Waals surface area (Å²) in [6, 6.07) is 21.3. The fourth-order valence-electron chi connectivity index (χ4n) is 2.80. The largest absolute Gasteiger partial charge is 0.472 e. The molecular weight excluding hydrogens is 446 g/mol. The van der Waals surface area contributed by atoms with Gasteiger partial charge in [0, 0.05) is 10.6 Å². The Morgan fingerprint density at radius 2 is 1.67 bits per heavy atom. The molecule has 4 N–H and O–H groups in total. The van der Waals surface area contributed by atoms with E-state index in [4.69, 9.17) is 21.6 Å². The lowest BCUT2D eigenvalue weighted by Gasteiger charge is -2.19. The van der Waals surface area contributed by atoms with E-state index < -0.39 is 19.1 Å². The molecule has 0 spiro atoms. The van der Waals surface area contributed by atoms with Gasteiger partial charge in [0.2, 0.25) is 5.91 Å². The number of halogens is 2. The van der Waals surface area contributed by atoms with Crippen LogP contribution in [0, 0.1) is 12.7 Å². The van der Waals surface area contributed by atoms with Gasteiger partial charge in [0.05, 0.1) is 18.9 Å². The first kappa shape index (κ1) is 26.1. The molecule has 0 aliphatic carbocycles. The summed E-state index contributed by atoms with van der Waals surface area (Å²) in [7, 11) is -1.63. The van der Waals surface area contributed by atoms with E-state index in [-0.39, 0.29) is 24.6 Å². The van der Waals surface area contributed by atoms with Crippen LogP contribution >= 0.6 is 11.6 Å². The molecule has 2 amide bonds. The van der Waals surface area contributed by atoms with Crippen molar-refractivity contribution in [3.63, 3.8) is 0 Å². The minimum Gasteiger partial charge on any atom is -0.426 e. The maximum atomic E-state index is 12.4. The van der Waals surface area contributed by atoms with Crippen molar-refractivity contribution in [2.24, 2.45) is 0 Å². The van der Waals surface area contributed by atoms with Crippen LogP contribution in [0.2, 0.25) is 5.02 Å². The molecule has 3 rings (SSSR count). The highest BCUT2D eigenvalue weighted by atomic mass is 35.5. The highest BCUT2D eigenvalue weighted by molar-refractivity contribution is 6.41. The van der Waals surface area contributed by atoms with Crippen molar-refractivity contribution < 1.29 is 24.0 Å². The maximum Gasteiger partial charge on any atom is 0.472 e. The Kier molecular flexibility index (Phi) is 10.6. The van der Waals surface area contributed by atoms with Gasteiger partial charge in [0.25, 0.3) is 5.91 Å². The van der Waals surface area contributed by atoms with Crippen LogP contribution in [0.5, 0.6) is 0 Å². The third kappa shape index (κ3) is 9.86. The predicted molar refractivity (Wildman–Crippen MR) is 127 cm³/mol. The molecule has 172 valence electrons. The lowest BCUT2D eigenvalue weighted by atomic mass is 9.92. The molecule has 3 aromatic rings. The Labute approximate surface area is 197 Å². The smallest absolute Gasteiger partial charge is 0.426 e. The van der Waals surface area contributed by atoms with Crippen LogP contribution in [0.1, 0.15) is 33.9 Å². The van der Waals surface area contributed by atoms with Crippen molar-refractivity contribution in [2.75, 3.05) is 6.44 Å². The van der Waals surface area contributed by atoms with Crippen LogP contribution in [0.4, 0.5) is 4.39 Å². The van der Waals surface area contributed by atoms with Gasteiger partial charge in [-0.25, -0.2) is 4.39 Å². The molecule has 0 aliphatic rings. The van der Waals surface area contributed by atoms with Crippen molar-refractivity contribution in [2.45, 2.75) is 19.4 Å². The molecule has 9 heteroatoms. The number of carbonyl (C=O) groups is 2. The Hall–Kier alpha value is -3.20. The minimum atomic E-state index is -1.63. The second kappa shape index (κ2) is 13.4. The molecule has 6 nitrogen and oxygen atoms in total. The highest BCUT2D eigenvalue weighted by Gasteiger charge is 2.20. The Morgan fingerprint density at radius 3 is 2.24 bits per heavy atom. The van der Waals surface area contributed by atoms with Crippen LogP contribution in [-0.4, -0.2) is 35.4 Å². The number of nitrogens with one attached hydrogen (secondary N) is 2. The summed E-state index contributed by atoms with van der Waals surface area (Å²) in [6.45, 7) is 1.93. The average Bonchev–Trinajstić information content (AvgIpc) is 2.80. The summed E-state index contributed by atoms with van der Waals surface area (Å²) < 4.78 is 12.1. The predicted octanol–water partition coefficient (Wildman–Crippen LogP) is 3.46. The van der Waals surface area contributed by atoms with E-state index in [9.17, 15) is 14.0 Å². The average molecular weight is 471 g/mol. The molecular formula is C24H25BClFN2O4. The second-order valence-corrected chi connectivity index (χ2v) is 7.67. The monoisotopic (exact) mass is 470 g/mol. The van der Waals surface area contributed by atoms with Gasteiger partial charge in [-0.05, 0) is 48.9 Å². The summed E-state index contributed by atoms with van der Waals surface area (Å²) in [5, 5.41) is 23.4. The molecule has 0 bridgehead atoms. The molecule has 0 aliphatic heterocycles. The van der Waals surface area contributed by atoms with Gasteiger partial charge < -0.3 is 20.7 Å². The van der Waals surface area contributed by atoms with E-state index in [1.54, 1.807) is 66.7 Å². The molecule has 3 aromatic carbocycles. The molecule has 1 atom stereocenters.